The van der Waals surface area contributed by atoms with Gasteiger partial charge in [-0.2, -0.15) is 0 Å². The van der Waals surface area contributed by atoms with Gasteiger partial charge in [0.15, 0.2) is 5.96 Å². The molecule has 136 valence electrons. The molecular weight excluding hydrogens is 336 g/mol. The van der Waals surface area contributed by atoms with Crippen molar-refractivity contribution >= 4 is 23.0 Å². The van der Waals surface area contributed by atoms with Gasteiger partial charge in [0.25, 0.3) is 0 Å². The number of nitrogens with zero attached hydrogens (tertiary/aromatic N) is 2. The summed E-state index contributed by atoms with van der Waals surface area (Å²) in [6.45, 7) is 6.09. The van der Waals surface area contributed by atoms with Crippen LogP contribution in [0.4, 0.5) is 5.69 Å². The number of thiazole rings is 1. The summed E-state index contributed by atoms with van der Waals surface area (Å²) in [5.74, 6) is 1.52. The second-order valence-corrected chi connectivity index (χ2v) is 6.81. The van der Waals surface area contributed by atoms with E-state index in [1.165, 1.54) is 4.88 Å². The molecule has 0 saturated carbocycles. The Labute approximate surface area is 153 Å². The number of benzene rings is 1. The highest BCUT2D eigenvalue weighted by Crippen LogP contribution is 2.18. The molecule has 0 aliphatic rings. The van der Waals surface area contributed by atoms with E-state index in [4.69, 9.17) is 9.47 Å². The lowest BCUT2D eigenvalue weighted by atomic mass is 10.3. The number of ether oxygens (including phenoxy) is 2. The minimum absolute atomic E-state index is 0.632. The number of rotatable bonds is 8. The quantitative estimate of drug-likeness (QED) is 0.428. The van der Waals surface area contributed by atoms with Crippen molar-refractivity contribution in [2.75, 3.05) is 32.7 Å². The van der Waals surface area contributed by atoms with E-state index < -0.39 is 0 Å². The number of nitrogens with one attached hydrogen (secondary N) is 2. The predicted octanol–water partition coefficient (Wildman–Crippen LogP) is 3.36. The Morgan fingerprint density at radius 3 is 2.80 bits per heavy atom. The monoisotopic (exact) mass is 362 g/mol. The number of guanidine groups is 1. The normalized spacial score (nSPS) is 11.4. The van der Waals surface area contributed by atoms with Crippen LogP contribution in [-0.4, -0.2) is 38.3 Å². The van der Waals surface area contributed by atoms with Crippen molar-refractivity contribution in [2.45, 2.75) is 26.8 Å². The van der Waals surface area contributed by atoms with Gasteiger partial charge in [-0.25, -0.2) is 4.98 Å². The molecule has 0 radical (unpaired) electrons. The molecule has 0 aliphatic heterocycles. The van der Waals surface area contributed by atoms with E-state index in [-0.39, 0.29) is 0 Å². The van der Waals surface area contributed by atoms with Crippen LogP contribution in [0.15, 0.2) is 29.3 Å². The Morgan fingerprint density at radius 1 is 1.28 bits per heavy atom. The summed E-state index contributed by atoms with van der Waals surface area (Å²) in [4.78, 5) is 10.0. The number of hydrogen-bond acceptors (Lipinski definition) is 5. The summed E-state index contributed by atoms with van der Waals surface area (Å²) in [7, 11) is 3.44. The van der Waals surface area contributed by atoms with Crippen LogP contribution in [0.5, 0.6) is 5.75 Å². The Bertz CT molecular complexity index is 681. The van der Waals surface area contributed by atoms with Crippen LogP contribution in [-0.2, 0) is 11.3 Å². The van der Waals surface area contributed by atoms with E-state index in [0.29, 0.717) is 25.7 Å². The SMILES string of the molecule is CN=C(NCc1nc(C)c(C)s1)Nc1cccc(OCCCOC)c1. The highest BCUT2D eigenvalue weighted by atomic mass is 32.1. The maximum absolute atomic E-state index is 5.72. The van der Waals surface area contributed by atoms with Crippen LogP contribution in [0.25, 0.3) is 0 Å². The van der Waals surface area contributed by atoms with Gasteiger partial charge in [-0.15, -0.1) is 11.3 Å². The zero-order chi connectivity index (χ0) is 18.1. The van der Waals surface area contributed by atoms with Crippen molar-refractivity contribution in [3.8, 4) is 5.75 Å². The average molecular weight is 362 g/mol. The maximum Gasteiger partial charge on any atom is 0.195 e. The first-order valence-electron chi connectivity index (χ1n) is 8.24. The van der Waals surface area contributed by atoms with Crippen molar-refractivity contribution in [2.24, 2.45) is 4.99 Å². The van der Waals surface area contributed by atoms with E-state index in [0.717, 1.165) is 28.6 Å². The van der Waals surface area contributed by atoms with Gasteiger partial charge in [0, 0.05) is 43.8 Å². The molecule has 0 atom stereocenters. The van der Waals surface area contributed by atoms with Crippen LogP contribution in [0.1, 0.15) is 22.0 Å². The van der Waals surface area contributed by atoms with Gasteiger partial charge < -0.3 is 20.1 Å². The summed E-state index contributed by atoms with van der Waals surface area (Å²) in [6.07, 6.45) is 0.865. The van der Waals surface area contributed by atoms with Gasteiger partial charge in [0.05, 0.1) is 18.8 Å². The number of aromatic nitrogens is 1. The largest absolute Gasteiger partial charge is 0.493 e. The molecule has 6 nitrogen and oxygen atoms in total. The zero-order valence-electron chi connectivity index (χ0n) is 15.3. The van der Waals surface area contributed by atoms with Gasteiger partial charge in [0.1, 0.15) is 10.8 Å². The lowest BCUT2D eigenvalue weighted by Gasteiger charge is -2.12. The number of aryl methyl sites for hydroxylation is 2. The van der Waals surface area contributed by atoms with E-state index >= 15 is 0 Å². The Morgan fingerprint density at radius 2 is 2.12 bits per heavy atom. The Balaban J connectivity index is 1.88. The summed E-state index contributed by atoms with van der Waals surface area (Å²) >= 11 is 1.70. The van der Waals surface area contributed by atoms with Crippen LogP contribution < -0.4 is 15.4 Å². The Kier molecular flexibility index (Phi) is 7.69. The summed E-state index contributed by atoms with van der Waals surface area (Å²) in [6, 6.07) is 7.83. The van der Waals surface area contributed by atoms with Gasteiger partial charge in [0.2, 0.25) is 0 Å². The van der Waals surface area contributed by atoms with Crippen molar-refractivity contribution in [3.05, 3.63) is 39.8 Å². The summed E-state index contributed by atoms with van der Waals surface area (Å²) in [5.41, 5.74) is 2.01. The minimum atomic E-state index is 0.632. The van der Waals surface area contributed by atoms with Gasteiger partial charge in [-0.1, -0.05) is 6.07 Å². The van der Waals surface area contributed by atoms with Crippen LogP contribution in [0.2, 0.25) is 0 Å². The molecule has 0 fully saturated rings. The highest BCUT2D eigenvalue weighted by Gasteiger charge is 2.06. The van der Waals surface area contributed by atoms with Gasteiger partial charge in [-0.3, -0.25) is 4.99 Å². The lowest BCUT2D eigenvalue weighted by Crippen LogP contribution is -2.30. The highest BCUT2D eigenvalue weighted by molar-refractivity contribution is 7.11. The third kappa shape index (κ3) is 6.36. The first-order chi connectivity index (χ1) is 12.1. The number of hydrogen-bond donors (Lipinski definition) is 2. The molecule has 1 heterocycles. The molecule has 1 aromatic carbocycles. The fourth-order valence-corrected chi connectivity index (χ4v) is 3.02. The molecule has 0 amide bonds. The number of methoxy groups -OCH3 is 1. The predicted molar refractivity (Wildman–Crippen MR) is 104 cm³/mol. The third-order valence-electron chi connectivity index (χ3n) is 3.56. The summed E-state index contributed by atoms with van der Waals surface area (Å²) in [5, 5.41) is 7.61. The zero-order valence-corrected chi connectivity index (χ0v) is 16.1. The van der Waals surface area contributed by atoms with Crippen molar-refractivity contribution < 1.29 is 9.47 Å². The fraction of sp³-hybridized carbons (Fsp3) is 0.444. The summed E-state index contributed by atoms with van der Waals surface area (Å²) < 4.78 is 10.7. The molecule has 7 heteroatoms. The van der Waals surface area contributed by atoms with E-state index in [2.05, 4.69) is 27.5 Å². The smallest absolute Gasteiger partial charge is 0.195 e. The van der Waals surface area contributed by atoms with E-state index in [1.54, 1.807) is 25.5 Å². The van der Waals surface area contributed by atoms with Gasteiger partial charge in [-0.05, 0) is 26.0 Å². The lowest BCUT2D eigenvalue weighted by molar-refractivity contribution is 0.172. The van der Waals surface area contributed by atoms with Crippen LogP contribution in [0, 0.1) is 13.8 Å². The second kappa shape index (κ2) is 10.0. The van der Waals surface area contributed by atoms with E-state index in [1.807, 2.05) is 31.2 Å². The molecule has 0 unspecified atom stereocenters. The topological polar surface area (TPSA) is 67.8 Å². The van der Waals surface area contributed by atoms with Crippen LogP contribution in [0.3, 0.4) is 0 Å². The molecule has 1 aromatic heterocycles. The number of anilines is 1. The fourth-order valence-electron chi connectivity index (χ4n) is 2.15. The molecule has 0 saturated heterocycles. The van der Waals surface area contributed by atoms with Crippen molar-refractivity contribution in [1.29, 1.82) is 0 Å². The molecule has 2 N–H and O–H groups in total. The first-order valence-corrected chi connectivity index (χ1v) is 9.06. The molecular formula is C18H26N4O2S. The minimum Gasteiger partial charge on any atom is -0.493 e. The molecule has 25 heavy (non-hydrogen) atoms. The second-order valence-electron chi connectivity index (χ2n) is 5.52. The van der Waals surface area contributed by atoms with E-state index in [9.17, 15) is 0 Å². The van der Waals surface area contributed by atoms with Crippen molar-refractivity contribution in [3.63, 3.8) is 0 Å². The van der Waals surface area contributed by atoms with Gasteiger partial charge >= 0.3 is 0 Å². The van der Waals surface area contributed by atoms with Crippen LogP contribution >= 0.6 is 11.3 Å². The maximum atomic E-state index is 5.72. The third-order valence-corrected chi connectivity index (χ3v) is 4.63. The standard InChI is InChI=1S/C18H26N4O2S/c1-13-14(2)25-17(21-13)12-20-18(19-3)22-15-7-5-8-16(11-15)24-10-6-9-23-4/h5,7-8,11H,6,9-10,12H2,1-4H3,(H2,19,20,22). The van der Waals surface area contributed by atoms with Crippen molar-refractivity contribution in [1.82, 2.24) is 10.3 Å². The first kappa shape index (κ1) is 19.2. The molecule has 2 rings (SSSR count). The molecule has 2 aromatic rings. The molecule has 0 aliphatic carbocycles. The molecule has 0 bridgehead atoms. The average Bonchev–Trinajstić information content (AvgIpc) is 2.94. The Hall–Kier alpha value is -2.12. The molecule has 0 spiro atoms. The number of aliphatic imine (C=N–C) groups is 1.